The quantitative estimate of drug-likeness (QED) is 0.528. The summed E-state index contributed by atoms with van der Waals surface area (Å²) in [6.45, 7) is 0.149. The summed E-state index contributed by atoms with van der Waals surface area (Å²) in [5.74, 6) is -0.802. The van der Waals surface area contributed by atoms with Gasteiger partial charge in [-0.15, -0.1) is 11.3 Å². The van der Waals surface area contributed by atoms with Crippen molar-refractivity contribution >= 4 is 39.2 Å². The van der Waals surface area contributed by atoms with Crippen LogP contribution in [0.25, 0.3) is 0 Å². The van der Waals surface area contributed by atoms with Crippen LogP contribution in [0.15, 0.2) is 57.4 Å². The maximum absolute atomic E-state index is 12.1. The van der Waals surface area contributed by atoms with E-state index in [0.717, 1.165) is 11.1 Å². The SMILES string of the molecule is NS(=O)(=O)c1ccc(CNC(=O)c2coc(NC(=O)Cc3cccs3)n2)cc1. The van der Waals surface area contributed by atoms with Crippen molar-refractivity contribution in [3.63, 3.8) is 0 Å². The Morgan fingerprint density at radius 1 is 1.18 bits per heavy atom. The second-order valence-corrected chi connectivity index (χ2v) is 8.31. The summed E-state index contributed by atoms with van der Waals surface area (Å²) in [4.78, 5) is 28.9. The molecule has 0 atom stereocenters. The number of anilines is 1. The molecule has 0 unspecified atom stereocenters. The van der Waals surface area contributed by atoms with Gasteiger partial charge in [-0.25, -0.2) is 13.6 Å². The summed E-state index contributed by atoms with van der Waals surface area (Å²) >= 11 is 1.46. The van der Waals surface area contributed by atoms with Gasteiger partial charge >= 0.3 is 6.01 Å². The lowest BCUT2D eigenvalue weighted by atomic mass is 10.2. The molecule has 0 spiro atoms. The van der Waals surface area contributed by atoms with E-state index < -0.39 is 15.9 Å². The lowest BCUT2D eigenvalue weighted by Crippen LogP contribution is -2.23. The van der Waals surface area contributed by atoms with Crippen LogP contribution in [0.2, 0.25) is 0 Å². The largest absolute Gasteiger partial charge is 0.431 e. The molecule has 11 heteroatoms. The number of thiophene rings is 1. The molecule has 3 rings (SSSR count). The number of aromatic nitrogens is 1. The van der Waals surface area contributed by atoms with Crippen molar-refractivity contribution in [2.75, 3.05) is 5.32 Å². The Bertz CT molecular complexity index is 1070. The van der Waals surface area contributed by atoms with E-state index in [9.17, 15) is 18.0 Å². The van der Waals surface area contributed by atoms with E-state index in [4.69, 9.17) is 9.56 Å². The van der Waals surface area contributed by atoms with E-state index >= 15 is 0 Å². The van der Waals surface area contributed by atoms with E-state index in [1.54, 1.807) is 12.1 Å². The maximum Gasteiger partial charge on any atom is 0.302 e. The Morgan fingerprint density at radius 2 is 1.93 bits per heavy atom. The Labute approximate surface area is 164 Å². The van der Waals surface area contributed by atoms with Gasteiger partial charge in [0.1, 0.15) is 6.26 Å². The first-order chi connectivity index (χ1) is 13.3. The molecule has 0 fully saturated rings. The van der Waals surface area contributed by atoms with Gasteiger partial charge in [-0.3, -0.25) is 14.9 Å². The lowest BCUT2D eigenvalue weighted by Gasteiger charge is -2.04. The van der Waals surface area contributed by atoms with Gasteiger partial charge in [0.2, 0.25) is 15.9 Å². The first-order valence-corrected chi connectivity index (χ1v) is 10.4. The predicted octanol–water partition coefficient (Wildman–Crippen LogP) is 1.49. The van der Waals surface area contributed by atoms with Gasteiger partial charge in [0.05, 0.1) is 11.3 Å². The average Bonchev–Trinajstić information content (AvgIpc) is 3.31. The summed E-state index contributed by atoms with van der Waals surface area (Å²) < 4.78 is 27.5. The van der Waals surface area contributed by atoms with Gasteiger partial charge in [0.25, 0.3) is 5.91 Å². The molecule has 0 aliphatic rings. The van der Waals surface area contributed by atoms with Crippen molar-refractivity contribution in [3.8, 4) is 0 Å². The standard InChI is InChI=1S/C17H16N4O5S2/c18-28(24,25)13-5-3-11(4-6-13)9-19-16(23)14-10-26-17(20-14)21-15(22)8-12-2-1-7-27-12/h1-7,10H,8-9H2,(H,19,23)(H2,18,24,25)(H,20,21,22). The van der Waals surface area contributed by atoms with Crippen LogP contribution in [0.3, 0.4) is 0 Å². The lowest BCUT2D eigenvalue weighted by molar-refractivity contribution is -0.115. The third-order valence-electron chi connectivity index (χ3n) is 3.60. The number of hydrogen-bond acceptors (Lipinski definition) is 7. The fraction of sp³-hybridized carbons (Fsp3) is 0.118. The second-order valence-electron chi connectivity index (χ2n) is 5.71. The first kappa shape index (κ1) is 19.7. The topological polar surface area (TPSA) is 144 Å². The van der Waals surface area contributed by atoms with Gasteiger partial charge in [-0.1, -0.05) is 18.2 Å². The second kappa shape index (κ2) is 8.33. The van der Waals surface area contributed by atoms with Gasteiger partial charge < -0.3 is 9.73 Å². The van der Waals surface area contributed by atoms with Crippen molar-refractivity contribution < 1.29 is 22.4 Å². The summed E-state index contributed by atoms with van der Waals surface area (Å²) in [6.07, 6.45) is 1.33. The zero-order valence-electron chi connectivity index (χ0n) is 14.4. The molecule has 2 heterocycles. The molecule has 0 bridgehead atoms. The number of primary sulfonamides is 1. The number of rotatable bonds is 7. The van der Waals surface area contributed by atoms with Crippen LogP contribution in [0.5, 0.6) is 0 Å². The molecule has 0 aliphatic heterocycles. The minimum Gasteiger partial charge on any atom is -0.431 e. The number of amides is 2. The summed E-state index contributed by atoms with van der Waals surface area (Å²) in [7, 11) is -3.76. The first-order valence-electron chi connectivity index (χ1n) is 7.99. The molecule has 0 saturated heterocycles. The van der Waals surface area contributed by atoms with Crippen LogP contribution < -0.4 is 15.8 Å². The number of sulfonamides is 1. The molecule has 0 aliphatic carbocycles. The van der Waals surface area contributed by atoms with Crippen molar-refractivity contribution in [3.05, 3.63) is 64.2 Å². The van der Waals surface area contributed by atoms with Crippen LogP contribution in [-0.2, 0) is 27.8 Å². The summed E-state index contributed by atoms with van der Waals surface area (Å²) in [5.41, 5.74) is 0.682. The molecule has 146 valence electrons. The van der Waals surface area contributed by atoms with Gasteiger partial charge in [-0.2, -0.15) is 4.98 Å². The van der Waals surface area contributed by atoms with Crippen LogP contribution in [0.4, 0.5) is 6.01 Å². The summed E-state index contributed by atoms with van der Waals surface area (Å²) in [5, 5.41) is 12.0. The number of nitrogens with two attached hydrogens (primary N) is 1. The van der Waals surface area contributed by atoms with E-state index in [2.05, 4.69) is 15.6 Å². The molecule has 0 saturated carbocycles. The highest BCUT2D eigenvalue weighted by Crippen LogP contribution is 2.12. The monoisotopic (exact) mass is 420 g/mol. The predicted molar refractivity (Wildman–Crippen MR) is 102 cm³/mol. The summed E-state index contributed by atoms with van der Waals surface area (Å²) in [6, 6.07) is 9.42. The smallest absolute Gasteiger partial charge is 0.302 e. The highest BCUT2D eigenvalue weighted by atomic mass is 32.2. The Balaban J connectivity index is 1.53. The van der Waals surface area contributed by atoms with Gasteiger partial charge in [0.15, 0.2) is 5.69 Å². The van der Waals surface area contributed by atoms with Crippen LogP contribution in [0, 0.1) is 0 Å². The third-order valence-corrected chi connectivity index (χ3v) is 5.41. The number of carbonyl (C=O) groups excluding carboxylic acids is 2. The minimum atomic E-state index is -3.76. The van der Waals surface area contributed by atoms with E-state index in [1.165, 1.54) is 23.5 Å². The Hall–Kier alpha value is -3.02. The van der Waals surface area contributed by atoms with E-state index in [-0.39, 0.29) is 35.5 Å². The molecule has 3 aromatic rings. The number of nitrogens with one attached hydrogen (secondary N) is 2. The normalized spacial score (nSPS) is 11.2. The molecule has 2 amide bonds. The molecule has 0 radical (unpaired) electrons. The fourth-order valence-corrected chi connectivity index (χ4v) is 3.46. The van der Waals surface area contributed by atoms with Crippen LogP contribution in [-0.4, -0.2) is 25.2 Å². The highest BCUT2D eigenvalue weighted by molar-refractivity contribution is 7.89. The highest BCUT2D eigenvalue weighted by Gasteiger charge is 2.14. The number of benzene rings is 1. The minimum absolute atomic E-state index is 0.00702. The number of carbonyl (C=O) groups is 2. The van der Waals surface area contributed by atoms with Crippen molar-refractivity contribution in [2.24, 2.45) is 5.14 Å². The van der Waals surface area contributed by atoms with E-state index in [1.807, 2.05) is 17.5 Å². The molecule has 2 aromatic heterocycles. The number of hydrogen-bond donors (Lipinski definition) is 3. The van der Waals surface area contributed by atoms with E-state index in [0.29, 0.717) is 5.56 Å². The van der Waals surface area contributed by atoms with Gasteiger partial charge in [0, 0.05) is 11.4 Å². The molecular weight excluding hydrogens is 404 g/mol. The molecular formula is C17H16N4O5S2. The van der Waals surface area contributed by atoms with Crippen LogP contribution in [0.1, 0.15) is 20.9 Å². The number of nitrogens with zero attached hydrogens (tertiary/aromatic N) is 1. The molecule has 9 nitrogen and oxygen atoms in total. The zero-order valence-corrected chi connectivity index (χ0v) is 16.0. The third kappa shape index (κ3) is 5.25. The van der Waals surface area contributed by atoms with Gasteiger partial charge in [-0.05, 0) is 29.1 Å². The molecule has 4 N–H and O–H groups in total. The van der Waals surface area contributed by atoms with Crippen molar-refractivity contribution in [1.29, 1.82) is 0 Å². The number of oxazole rings is 1. The Kier molecular flexibility index (Phi) is 5.87. The van der Waals surface area contributed by atoms with Crippen molar-refractivity contribution in [1.82, 2.24) is 10.3 Å². The van der Waals surface area contributed by atoms with Crippen LogP contribution >= 0.6 is 11.3 Å². The molecule has 28 heavy (non-hydrogen) atoms. The zero-order chi connectivity index (χ0) is 20.1. The van der Waals surface area contributed by atoms with Crippen molar-refractivity contribution in [2.45, 2.75) is 17.9 Å². The fourth-order valence-electron chi connectivity index (χ4n) is 2.24. The molecule has 1 aromatic carbocycles. The maximum atomic E-state index is 12.1. The average molecular weight is 420 g/mol. The Morgan fingerprint density at radius 3 is 2.57 bits per heavy atom.